The van der Waals surface area contributed by atoms with Crippen molar-refractivity contribution in [1.82, 2.24) is 0 Å². The molecule has 3 nitrogen and oxygen atoms in total. The van der Waals surface area contributed by atoms with Crippen LogP contribution in [0.2, 0.25) is 0 Å². The number of ether oxygens (including phenoxy) is 1. The Morgan fingerprint density at radius 2 is 1.72 bits per heavy atom. The van der Waals surface area contributed by atoms with Crippen molar-refractivity contribution in [2.24, 2.45) is 0 Å². The van der Waals surface area contributed by atoms with Crippen LogP contribution in [0.5, 0.6) is 0 Å². The van der Waals surface area contributed by atoms with Gasteiger partial charge in [0.05, 0.1) is 27.9 Å². The smallest absolute Gasteiger partial charge is 0.375 e. The molecule has 3 rings (SSSR count). The van der Waals surface area contributed by atoms with Crippen molar-refractivity contribution < 1.29 is 26.3 Å². The second kappa shape index (κ2) is 7.19. The predicted molar refractivity (Wildman–Crippen MR) is 91.1 cm³/mol. The molecular formula is C17H20BrF3O3S. The summed E-state index contributed by atoms with van der Waals surface area (Å²) >= 11 is 2.98. The van der Waals surface area contributed by atoms with Crippen molar-refractivity contribution in [1.29, 1.82) is 0 Å². The van der Waals surface area contributed by atoms with Crippen LogP contribution in [0.4, 0.5) is 13.2 Å². The van der Waals surface area contributed by atoms with Crippen molar-refractivity contribution in [3.05, 3.63) is 28.2 Å². The topological polar surface area (TPSA) is 43.4 Å². The second-order valence-electron chi connectivity index (χ2n) is 6.78. The highest BCUT2D eigenvalue weighted by Gasteiger charge is 2.42. The van der Waals surface area contributed by atoms with E-state index in [1.807, 2.05) is 0 Å². The summed E-state index contributed by atoms with van der Waals surface area (Å²) in [5, 5.41) is -0.818. The van der Waals surface area contributed by atoms with Gasteiger partial charge >= 0.3 is 6.18 Å². The fourth-order valence-corrected chi connectivity index (χ4v) is 6.13. The fraction of sp³-hybridized carbons (Fsp3) is 0.647. The Kier molecular flexibility index (Phi) is 5.52. The lowest BCUT2D eigenvalue weighted by atomic mass is 10.2. The third-order valence-corrected chi connectivity index (χ3v) is 7.78. The van der Waals surface area contributed by atoms with Crippen LogP contribution < -0.4 is 0 Å². The van der Waals surface area contributed by atoms with Gasteiger partial charge in [0.1, 0.15) is 0 Å². The molecule has 0 radical (unpaired) electrons. The van der Waals surface area contributed by atoms with Crippen LogP contribution in [0.3, 0.4) is 0 Å². The summed E-state index contributed by atoms with van der Waals surface area (Å²) in [5.41, 5.74) is -1.11. The predicted octanol–water partition coefficient (Wildman–Crippen LogP) is 5.12. The monoisotopic (exact) mass is 440 g/mol. The zero-order valence-electron chi connectivity index (χ0n) is 13.6. The molecule has 0 spiro atoms. The third-order valence-electron chi connectivity index (χ3n) is 5.02. The first kappa shape index (κ1) is 19.2. The number of hydrogen-bond acceptors (Lipinski definition) is 3. The van der Waals surface area contributed by atoms with E-state index in [1.54, 1.807) is 0 Å². The molecule has 2 saturated carbocycles. The molecule has 0 amide bonds. The number of sulfone groups is 1. The van der Waals surface area contributed by atoms with E-state index in [-0.39, 0.29) is 23.1 Å². The van der Waals surface area contributed by atoms with Crippen LogP contribution in [0.25, 0.3) is 0 Å². The maximum Gasteiger partial charge on any atom is 0.417 e. The summed E-state index contributed by atoms with van der Waals surface area (Å²) < 4.78 is 71.7. The van der Waals surface area contributed by atoms with E-state index >= 15 is 0 Å². The van der Waals surface area contributed by atoms with Gasteiger partial charge in [-0.1, -0.05) is 28.8 Å². The summed E-state index contributed by atoms with van der Waals surface area (Å²) in [7, 11) is -4.06. The Morgan fingerprint density at radius 3 is 2.36 bits per heavy atom. The molecule has 0 aromatic heterocycles. The lowest BCUT2D eigenvalue weighted by Gasteiger charge is -2.19. The molecule has 8 heteroatoms. The van der Waals surface area contributed by atoms with Gasteiger partial charge in [-0.15, -0.1) is 0 Å². The molecule has 0 bridgehead atoms. The minimum Gasteiger partial charge on any atom is -0.375 e. The fourth-order valence-electron chi connectivity index (χ4n) is 3.75. The van der Waals surface area contributed by atoms with Crippen molar-refractivity contribution in [3.63, 3.8) is 0 Å². The molecule has 2 fully saturated rings. The average Bonchev–Trinajstić information content (AvgIpc) is 3.18. The van der Waals surface area contributed by atoms with Crippen LogP contribution in [0.1, 0.15) is 50.5 Å². The standard InChI is InChI=1S/C17H20BrF3O3S/c18-11-5-8-16(15(9-11)17(19,20)21)25(22,23)14-7-6-13(10-14)24-12-3-1-2-4-12/h5,8-9,12-14H,1-4,6-7,10H2/t13-,14-/m0/s1. The number of halogens is 4. The molecule has 1 aromatic rings. The van der Waals surface area contributed by atoms with E-state index in [4.69, 9.17) is 4.74 Å². The zero-order chi connectivity index (χ0) is 18.2. The number of rotatable bonds is 4. The molecule has 0 saturated heterocycles. The van der Waals surface area contributed by atoms with Crippen molar-refractivity contribution in [2.75, 3.05) is 0 Å². The second-order valence-corrected chi connectivity index (χ2v) is 9.90. The lowest BCUT2D eigenvalue weighted by molar-refractivity contribution is -0.139. The molecular weight excluding hydrogens is 421 g/mol. The van der Waals surface area contributed by atoms with Gasteiger partial charge in [0.25, 0.3) is 0 Å². The molecule has 1 aromatic carbocycles. The summed E-state index contributed by atoms with van der Waals surface area (Å²) in [6, 6.07) is 3.21. The van der Waals surface area contributed by atoms with Crippen molar-refractivity contribution in [2.45, 2.75) is 73.5 Å². The molecule has 2 aliphatic rings. The van der Waals surface area contributed by atoms with Crippen LogP contribution in [-0.4, -0.2) is 25.9 Å². The van der Waals surface area contributed by atoms with E-state index in [0.717, 1.165) is 37.8 Å². The van der Waals surface area contributed by atoms with Crippen LogP contribution in [0.15, 0.2) is 27.6 Å². The summed E-state index contributed by atoms with van der Waals surface area (Å²) in [6.45, 7) is 0. The minimum absolute atomic E-state index is 0.171. The number of hydrogen-bond donors (Lipinski definition) is 0. The van der Waals surface area contributed by atoms with Gasteiger partial charge in [-0.3, -0.25) is 0 Å². The first-order chi connectivity index (χ1) is 11.7. The van der Waals surface area contributed by atoms with Gasteiger partial charge in [-0.25, -0.2) is 8.42 Å². The van der Waals surface area contributed by atoms with Gasteiger partial charge < -0.3 is 4.74 Å². The van der Waals surface area contributed by atoms with Crippen molar-refractivity contribution in [3.8, 4) is 0 Å². The van der Waals surface area contributed by atoms with Gasteiger partial charge in [0.15, 0.2) is 9.84 Å². The van der Waals surface area contributed by atoms with Gasteiger partial charge in [0, 0.05) is 4.47 Å². The minimum atomic E-state index is -4.72. The molecule has 2 aliphatic carbocycles. The van der Waals surface area contributed by atoms with Gasteiger partial charge in [0.2, 0.25) is 0 Å². The van der Waals surface area contributed by atoms with Crippen molar-refractivity contribution >= 4 is 25.8 Å². The highest BCUT2D eigenvalue weighted by molar-refractivity contribution is 9.10. The maximum absolute atomic E-state index is 13.3. The SMILES string of the molecule is O=S(=O)(c1ccc(Br)cc1C(F)(F)F)[C@H]1CC[C@H](OC2CCCC2)C1. The van der Waals surface area contributed by atoms with E-state index in [9.17, 15) is 21.6 Å². The van der Waals surface area contributed by atoms with Crippen LogP contribution in [-0.2, 0) is 20.8 Å². The molecule has 0 heterocycles. The lowest BCUT2D eigenvalue weighted by Crippen LogP contribution is -2.24. The molecule has 2 atom stereocenters. The van der Waals surface area contributed by atoms with Crippen LogP contribution >= 0.6 is 15.9 Å². The first-order valence-electron chi connectivity index (χ1n) is 8.44. The maximum atomic E-state index is 13.3. The molecule has 0 unspecified atom stereocenters. The average molecular weight is 441 g/mol. The largest absolute Gasteiger partial charge is 0.417 e. The quantitative estimate of drug-likeness (QED) is 0.652. The highest BCUT2D eigenvalue weighted by Crippen LogP contribution is 2.40. The summed E-state index contributed by atoms with van der Waals surface area (Å²) in [6.07, 6.45) is 0.678. The van der Waals surface area contributed by atoms with E-state index < -0.39 is 31.7 Å². The summed E-state index contributed by atoms with van der Waals surface area (Å²) in [4.78, 5) is -0.630. The Hall–Kier alpha value is -0.600. The molecule has 140 valence electrons. The zero-order valence-corrected chi connectivity index (χ0v) is 16.0. The highest BCUT2D eigenvalue weighted by atomic mass is 79.9. The Bertz CT molecular complexity index is 727. The number of alkyl halides is 3. The van der Waals surface area contributed by atoms with E-state index in [0.29, 0.717) is 12.8 Å². The number of benzene rings is 1. The molecule has 0 aliphatic heterocycles. The van der Waals surface area contributed by atoms with Gasteiger partial charge in [-0.2, -0.15) is 13.2 Å². The first-order valence-corrected chi connectivity index (χ1v) is 10.8. The van der Waals surface area contributed by atoms with E-state index in [1.165, 1.54) is 6.07 Å². The third kappa shape index (κ3) is 4.22. The molecule has 0 N–H and O–H groups in total. The normalized spacial score (nSPS) is 25.6. The summed E-state index contributed by atoms with van der Waals surface area (Å²) in [5.74, 6) is 0. The Morgan fingerprint density at radius 1 is 1.04 bits per heavy atom. The van der Waals surface area contributed by atoms with Gasteiger partial charge in [-0.05, 0) is 50.3 Å². The Labute approximate surface area is 154 Å². The Balaban J connectivity index is 1.80. The van der Waals surface area contributed by atoms with Crippen LogP contribution in [0, 0.1) is 0 Å². The molecule has 25 heavy (non-hydrogen) atoms. The van der Waals surface area contributed by atoms with E-state index in [2.05, 4.69) is 15.9 Å².